The summed E-state index contributed by atoms with van der Waals surface area (Å²) in [5.41, 5.74) is 0.533. The van der Waals surface area contributed by atoms with Gasteiger partial charge in [-0.25, -0.2) is 0 Å². The quantitative estimate of drug-likeness (QED) is 0.759. The van der Waals surface area contributed by atoms with Crippen LogP contribution >= 0.6 is 23.2 Å². The fraction of sp³-hybridized carbons (Fsp3) is 0.417. The van der Waals surface area contributed by atoms with Crippen LogP contribution in [-0.4, -0.2) is 32.7 Å². The molecule has 1 rings (SSSR count). The van der Waals surface area contributed by atoms with Crippen LogP contribution in [-0.2, 0) is 9.53 Å². The van der Waals surface area contributed by atoms with E-state index in [1.54, 1.807) is 25.3 Å². The van der Waals surface area contributed by atoms with E-state index in [9.17, 15) is 4.79 Å². The minimum absolute atomic E-state index is 0.107. The number of benzene rings is 1. The number of amides is 1. The summed E-state index contributed by atoms with van der Waals surface area (Å²) in [7, 11) is 1.63. The van der Waals surface area contributed by atoms with Crippen LogP contribution in [0.1, 0.15) is 6.42 Å². The highest BCUT2D eigenvalue weighted by Crippen LogP contribution is 2.29. The lowest BCUT2D eigenvalue weighted by Gasteiger charge is -2.08. The number of carbonyl (C=O) groups excluding carboxylic acids is 1. The van der Waals surface area contributed by atoms with E-state index in [1.165, 1.54) is 0 Å². The molecule has 0 heterocycles. The van der Waals surface area contributed by atoms with E-state index in [2.05, 4.69) is 10.6 Å². The molecule has 1 amide bonds. The molecule has 0 aliphatic heterocycles. The first-order valence-corrected chi connectivity index (χ1v) is 6.34. The van der Waals surface area contributed by atoms with Crippen molar-refractivity contribution in [2.45, 2.75) is 6.42 Å². The second kappa shape index (κ2) is 8.32. The van der Waals surface area contributed by atoms with E-state index >= 15 is 0 Å². The highest BCUT2D eigenvalue weighted by atomic mass is 35.5. The maximum atomic E-state index is 11.6. The molecule has 0 aliphatic carbocycles. The average molecular weight is 291 g/mol. The minimum Gasteiger partial charge on any atom is -0.383 e. The van der Waals surface area contributed by atoms with Crippen LogP contribution in [0.3, 0.4) is 0 Å². The molecule has 1 aromatic carbocycles. The molecule has 18 heavy (non-hydrogen) atoms. The van der Waals surface area contributed by atoms with Crippen molar-refractivity contribution in [3.63, 3.8) is 0 Å². The molecular weight excluding hydrogens is 275 g/mol. The second-order valence-electron chi connectivity index (χ2n) is 3.64. The van der Waals surface area contributed by atoms with Crippen molar-refractivity contribution in [1.29, 1.82) is 0 Å². The molecule has 100 valence electrons. The number of anilines is 1. The Balaban J connectivity index is 2.34. The normalized spacial score (nSPS) is 10.4. The fourth-order valence-electron chi connectivity index (χ4n) is 1.31. The maximum Gasteiger partial charge on any atom is 0.225 e. The number of halogens is 2. The summed E-state index contributed by atoms with van der Waals surface area (Å²) in [6.45, 7) is 1.94. The molecule has 0 aliphatic rings. The monoisotopic (exact) mass is 290 g/mol. The smallest absolute Gasteiger partial charge is 0.225 e. The third kappa shape index (κ3) is 5.23. The van der Waals surface area contributed by atoms with Crippen molar-refractivity contribution < 1.29 is 9.53 Å². The van der Waals surface area contributed by atoms with Gasteiger partial charge in [-0.3, -0.25) is 4.79 Å². The Bertz CT molecular complexity index is 400. The average Bonchev–Trinajstić information content (AvgIpc) is 2.35. The molecule has 4 nitrogen and oxygen atoms in total. The van der Waals surface area contributed by atoms with Gasteiger partial charge in [-0.15, -0.1) is 0 Å². The van der Waals surface area contributed by atoms with Gasteiger partial charge in [0.05, 0.1) is 22.3 Å². The molecule has 6 heteroatoms. The zero-order valence-electron chi connectivity index (χ0n) is 10.1. The summed E-state index contributed by atoms with van der Waals surface area (Å²) in [6, 6.07) is 5.12. The number of hydrogen-bond acceptors (Lipinski definition) is 3. The molecule has 0 saturated heterocycles. The fourth-order valence-corrected chi connectivity index (χ4v) is 1.66. The van der Waals surface area contributed by atoms with Crippen molar-refractivity contribution in [1.82, 2.24) is 5.32 Å². The Labute approximate surface area is 117 Å². The standard InChI is InChI=1S/C12H16Cl2N2O2/c1-18-8-7-15-6-5-11(17)16-10-4-2-3-9(13)12(10)14/h2-4,15H,5-8H2,1H3,(H,16,17). The number of nitrogens with one attached hydrogen (secondary N) is 2. The lowest BCUT2D eigenvalue weighted by Crippen LogP contribution is -2.24. The third-order valence-corrected chi connectivity index (χ3v) is 3.06. The molecule has 0 radical (unpaired) electrons. The largest absolute Gasteiger partial charge is 0.383 e. The molecule has 0 spiro atoms. The molecule has 0 unspecified atom stereocenters. The van der Waals surface area contributed by atoms with Crippen LogP contribution in [0.4, 0.5) is 5.69 Å². The van der Waals surface area contributed by atoms with Crippen molar-refractivity contribution in [3.8, 4) is 0 Å². The Morgan fingerprint density at radius 3 is 2.83 bits per heavy atom. The summed E-state index contributed by atoms with van der Waals surface area (Å²) >= 11 is 11.8. The van der Waals surface area contributed by atoms with Crippen LogP contribution < -0.4 is 10.6 Å². The summed E-state index contributed by atoms with van der Waals surface area (Å²) in [5, 5.41) is 6.58. The van der Waals surface area contributed by atoms with Gasteiger partial charge < -0.3 is 15.4 Å². The van der Waals surface area contributed by atoms with Crippen LogP contribution in [0, 0.1) is 0 Å². The first-order chi connectivity index (χ1) is 8.65. The van der Waals surface area contributed by atoms with Gasteiger partial charge in [0, 0.05) is 26.6 Å². The van der Waals surface area contributed by atoms with Crippen molar-refractivity contribution in [2.24, 2.45) is 0 Å². The van der Waals surface area contributed by atoms with Gasteiger partial charge >= 0.3 is 0 Å². The van der Waals surface area contributed by atoms with E-state index in [4.69, 9.17) is 27.9 Å². The molecular formula is C12H16Cl2N2O2. The molecule has 1 aromatic rings. The first kappa shape index (κ1) is 15.2. The zero-order chi connectivity index (χ0) is 13.4. The number of methoxy groups -OCH3 is 1. The minimum atomic E-state index is -0.107. The van der Waals surface area contributed by atoms with E-state index < -0.39 is 0 Å². The van der Waals surface area contributed by atoms with Crippen LogP contribution in [0.25, 0.3) is 0 Å². The number of hydrogen-bond donors (Lipinski definition) is 2. The van der Waals surface area contributed by atoms with Gasteiger partial charge in [0.15, 0.2) is 0 Å². The van der Waals surface area contributed by atoms with Crippen molar-refractivity contribution in [3.05, 3.63) is 28.2 Å². The predicted octanol–water partition coefficient (Wildman–Crippen LogP) is 2.56. The van der Waals surface area contributed by atoms with Gasteiger partial charge in [0.25, 0.3) is 0 Å². The lowest BCUT2D eigenvalue weighted by atomic mass is 10.3. The van der Waals surface area contributed by atoms with Crippen LogP contribution in [0.15, 0.2) is 18.2 Å². The first-order valence-electron chi connectivity index (χ1n) is 5.58. The van der Waals surface area contributed by atoms with Crippen LogP contribution in [0.5, 0.6) is 0 Å². The molecule has 0 atom stereocenters. The Morgan fingerprint density at radius 1 is 1.33 bits per heavy atom. The molecule has 0 aromatic heterocycles. The van der Waals surface area contributed by atoms with E-state index in [0.717, 1.165) is 6.54 Å². The van der Waals surface area contributed by atoms with Gasteiger partial charge in [-0.05, 0) is 12.1 Å². The molecule has 2 N–H and O–H groups in total. The number of rotatable bonds is 7. The van der Waals surface area contributed by atoms with Crippen LogP contribution in [0.2, 0.25) is 10.0 Å². The molecule has 0 bridgehead atoms. The van der Waals surface area contributed by atoms with Gasteiger partial charge in [-0.1, -0.05) is 29.3 Å². The lowest BCUT2D eigenvalue weighted by molar-refractivity contribution is -0.116. The molecule has 0 fully saturated rings. The summed E-state index contributed by atoms with van der Waals surface area (Å²) in [5.74, 6) is -0.107. The third-order valence-electron chi connectivity index (χ3n) is 2.24. The number of ether oxygens (including phenoxy) is 1. The van der Waals surface area contributed by atoms with Crippen molar-refractivity contribution >= 4 is 34.8 Å². The maximum absolute atomic E-state index is 11.6. The van der Waals surface area contributed by atoms with Gasteiger partial charge in [-0.2, -0.15) is 0 Å². The summed E-state index contributed by atoms with van der Waals surface area (Å²) in [6.07, 6.45) is 0.368. The Kier molecular flexibility index (Phi) is 7.05. The van der Waals surface area contributed by atoms with Crippen molar-refractivity contribution in [2.75, 3.05) is 32.1 Å². The highest BCUT2D eigenvalue weighted by Gasteiger charge is 2.07. The topological polar surface area (TPSA) is 50.4 Å². The highest BCUT2D eigenvalue weighted by molar-refractivity contribution is 6.43. The van der Waals surface area contributed by atoms with Gasteiger partial charge in [0.2, 0.25) is 5.91 Å². The van der Waals surface area contributed by atoms with E-state index in [-0.39, 0.29) is 5.91 Å². The predicted molar refractivity (Wildman–Crippen MR) is 74.5 cm³/mol. The summed E-state index contributed by atoms with van der Waals surface area (Å²) in [4.78, 5) is 11.6. The van der Waals surface area contributed by atoms with E-state index in [0.29, 0.717) is 35.3 Å². The Hall–Kier alpha value is -0.810. The Morgan fingerprint density at radius 2 is 2.11 bits per heavy atom. The summed E-state index contributed by atoms with van der Waals surface area (Å²) < 4.78 is 4.88. The number of carbonyl (C=O) groups is 1. The van der Waals surface area contributed by atoms with E-state index in [1.807, 2.05) is 0 Å². The zero-order valence-corrected chi connectivity index (χ0v) is 11.6. The van der Waals surface area contributed by atoms with Gasteiger partial charge in [0.1, 0.15) is 0 Å². The molecule has 0 saturated carbocycles. The second-order valence-corrected chi connectivity index (χ2v) is 4.43. The SMILES string of the molecule is COCCNCCC(=O)Nc1cccc(Cl)c1Cl.